The minimum absolute atomic E-state index is 0.373. The first-order valence-corrected chi connectivity index (χ1v) is 8.21. The van der Waals surface area contributed by atoms with Gasteiger partial charge in [0.2, 0.25) is 0 Å². The van der Waals surface area contributed by atoms with Crippen molar-refractivity contribution in [2.45, 2.75) is 0 Å². The molecule has 0 spiro atoms. The van der Waals surface area contributed by atoms with Crippen molar-refractivity contribution in [3.8, 4) is 22.6 Å². The van der Waals surface area contributed by atoms with Crippen molar-refractivity contribution in [2.24, 2.45) is 0 Å². The summed E-state index contributed by atoms with van der Waals surface area (Å²) in [7, 11) is 0. The second-order valence-corrected chi connectivity index (χ2v) is 5.78. The summed E-state index contributed by atoms with van der Waals surface area (Å²) < 4.78 is 6.13. The first-order valence-electron chi connectivity index (χ1n) is 8.21. The summed E-state index contributed by atoms with van der Waals surface area (Å²) in [6.45, 7) is 0. The Morgan fingerprint density at radius 2 is 1.19 bits per heavy atom. The van der Waals surface area contributed by atoms with Crippen LogP contribution in [0.2, 0.25) is 0 Å². The lowest BCUT2D eigenvalue weighted by Gasteiger charge is -2.19. The maximum Gasteiger partial charge on any atom is 0.258 e. The van der Waals surface area contributed by atoms with E-state index in [0.29, 0.717) is 17.2 Å². The monoisotopic (exact) mass is 341 g/mol. The van der Waals surface area contributed by atoms with Gasteiger partial charge in [-0.2, -0.15) is 0 Å². The molecule has 3 aromatic carbocycles. The van der Waals surface area contributed by atoms with Crippen molar-refractivity contribution in [1.82, 2.24) is 0 Å². The van der Waals surface area contributed by atoms with Gasteiger partial charge in [0.25, 0.3) is 11.8 Å². The molecule has 4 heteroatoms. The number of amides is 2. The largest absolute Gasteiger partial charge is 0.455 e. The molecule has 26 heavy (non-hydrogen) atoms. The molecule has 0 saturated carbocycles. The van der Waals surface area contributed by atoms with Crippen LogP contribution >= 0.6 is 0 Å². The van der Waals surface area contributed by atoms with E-state index in [-0.39, 0.29) is 11.8 Å². The van der Waals surface area contributed by atoms with Crippen molar-refractivity contribution in [2.75, 3.05) is 4.90 Å². The zero-order chi connectivity index (χ0) is 17.9. The molecular formula is C22H15NO3. The Morgan fingerprint density at radius 1 is 0.615 bits per heavy atom. The topological polar surface area (TPSA) is 46.6 Å². The summed E-state index contributed by atoms with van der Waals surface area (Å²) in [5.74, 6) is 0.351. The number of carbonyl (C=O) groups excluding carboxylic acids is 2. The summed E-state index contributed by atoms with van der Waals surface area (Å²) in [5.41, 5.74) is 2.38. The number of carbonyl (C=O) groups is 2. The molecule has 4 nitrogen and oxygen atoms in total. The van der Waals surface area contributed by atoms with Gasteiger partial charge in [-0.1, -0.05) is 60.7 Å². The van der Waals surface area contributed by atoms with Crippen molar-refractivity contribution < 1.29 is 14.3 Å². The first kappa shape index (κ1) is 15.8. The van der Waals surface area contributed by atoms with Gasteiger partial charge in [0, 0.05) is 17.7 Å². The van der Waals surface area contributed by atoms with Crippen molar-refractivity contribution >= 4 is 17.5 Å². The molecule has 2 amide bonds. The van der Waals surface area contributed by atoms with E-state index >= 15 is 0 Å². The third-order valence-corrected chi connectivity index (χ3v) is 4.11. The van der Waals surface area contributed by atoms with Crippen LogP contribution in [-0.2, 0) is 9.59 Å². The van der Waals surface area contributed by atoms with Gasteiger partial charge in [-0.3, -0.25) is 9.59 Å². The summed E-state index contributed by atoms with van der Waals surface area (Å²) in [6, 6.07) is 24.6. The standard InChI is InChI=1S/C22H15NO3/c24-21-14-15-22(25)23(21)18-11-5-7-13-20(18)26-19-12-6-4-10-17(19)16-8-2-1-3-9-16/h1-15H. The molecule has 1 aliphatic rings. The lowest BCUT2D eigenvalue weighted by molar-refractivity contribution is -0.120. The second kappa shape index (κ2) is 6.69. The average molecular weight is 341 g/mol. The molecule has 0 bridgehead atoms. The third kappa shape index (κ3) is 2.89. The Kier molecular flexibility index (Phi) is 4.07. The van der Waals surface area contributed by atoms with Gasteiger partial charge < -0.3 is 4.74 Å². The number of imide groups is 1. The van der Waals surface area contributed by atoms with Crippen LogP contribution in [0.1, 0.15) is 0 Å². The molecule has 0 unspecified atom stereocenters. The Hall–Kier alpha value is -3.66. The number of para-hydroxylation sites is 3. The predicted octanol–water partition coefficient (Wildman–Crippen LogP) is 4.58. The van der Waals surface area contributed by atoms with E-state index in [0.717, 1.165) is 16.0 Å². The molecule has 0 radical (unpaired) electrons. The molecule has 0 N–H and O–H groups in total. The highest BCUT2D eigenvalue weighted by Gasteiger charge is 2.28. The maximum absolute atomic E-state index is 12.0. The zero-order valence-electron chi connectivity index (χ0n) is 13.8. The van der Waals surface area contributed by atoms with Gasteiger partial charge in [0.1, 0.15) is 5.75 Å². The molecule has 1 aliphatic heterocycles. The van der Waals surface area contributed by atoms with E-state index in [9.17, 15) is 9.59 Å². The molecule has 0 aromatic heterocycles. The molecule has 0 atom stereocenters. The van der Waals surface area contributed by atoms with Crippen LogP contribution in [0.4, 0.5) is 5.69 Å². The molecule has 4 rings (SSSR count). The Morgan fingerprint density at radius 3 is 1.92 bits per heavy atom. The summed E-state index contributed by atoms with van der Waals surface area (Å²) in [4.78, 5) is 25.2. The van der Waals surface area contributed by atoms with Crippen molar-refractivity contribution in [3.63, 3.8) is 0 Å². The number of rotatable bonds is 4. The molecule has 0 fully saturated rings. The van der Waals surface area contributed by atoms with E-state index in [2.05, 4.69) is 0 Å². The van der Waals surface area contributed by atoms with Crippen LogP contribution in [0, 0.1) is 0 Å². The summed E-state index contributed by atoms with van der Waals surface area (Å²) >= 11 is 0. The van der Waals surface area contributed by atoms with Crippen LogP contribution in [0.5, 0.6) is 11.5 Å². The van der Waals surface area contributed by atoms with Gasteiger partial charge in [0.05, 0.1) is 5.69 Å². The van der Waals surface area contributed by atoms with Crippen LogP contribution in [0.3, 0.4) is 0 Å². The number of ether oxygens (including phenoxy) is 1. The minimum Gasteiger partial charge on any atom is -0.455 e. The highest BCUT2D eigenvalue weighted by atomic mass is 16.5. The van der Waals surface area contributed by atoms with E-state index in [1.54, 1.807) is 18.2 Å². The summed E-state index contributed by atoms with van der Waals surface area (Å²) in [6.07, 6.45) is 2.52. The van der Waals surface area contributed by atoms with Crippen LogP contribution in [0.15, 0.2) is 91.0 Å². The normalized spacial score (nSPS) is 13.3. The molecule has 1 heterocycles. The predicted molar refractivity (Wildman–Crippen MR) is 100 cm³/mol. The highest BCUT2D eigenvalue weighted by molar-refractivity contribution is 6.28. The van der Waals surface area contributed by atoms with Crippen molar-refractivity contribution in [1.29, 1.82) is 0 Å². The summed E-state index contributed by atoms with van der Waals surface area (Å²) in [5, 5.41) is 0. The Bertz CT molecular complexity index is 991. The van der Waals surface area contributed by atoms with Gasteiger partial charge in [0.15, 0.2) is 5.75 Å². The van der Waals surface area contributed by atoms with E-state index in [1.807, 2.05) is 60.7 Å². The molecular weight excluding hydrogens is 326 g/mol. The van der Waals surface area contributed by atoms with Crippen LogP contribution in [-0.4, -0.2) is 11.8 Å². The average Bonchev–Trinajstić information content (AvgIpc) is 3.02. The molecule has 3 aromatic rings. The Labute approximate surface area is 151 Å². The van der Waals surface area contributed by atoms with Crippen molar-refractivity contribution in [3.05, 3.63) is 91.0 Å². The number of nitrogens with zero attached hydrogens (tertiary/aromatic N) is 1. The van der Waals surface area contributed by atoms with Gasteiger partial charge in [-0.25, -0.2) is 4.90 Å². The molecule has 0 aliphatic carbocycles. The molecule has 126 valence electrons. The fourth-order valence-corrected chi connectivity index (χ4v) is 2.90. The van der Waals surface area contributed by atoms with E-state index in [1.165, 1.54) is 12.2 Å². The lowest BCUT2D eigenvalue weighted by Crippen LogP contribution is -2.29. The molecule has 0 saturated heterocycles. The van der Waals surface area contributed by atoms with Crippen LogP contribution in [0.25, 0.3) is 11.1 Å². The quantitative estimate of drug-likeness (QED) is 0.653. The second-order valence-electron chi connectivity index (χ2n) is 5.78. The fraction of sp³-hybridized carbons (Fsp3) is 0. The van der Waals surface area contributed by atoms with Gasteiger partial charge >= 0.3 is 0 Å². The third-order valence-electron chi connectivity index (χ3n) is 4.11. The number of anilines is 1. The highest BCUT2D eigenvalue weighted by Crippen LogP contribution is 2.38. The fourth-order valence-electron chi connectivity index (χ4n) is 2.90. The van der Waals surface area contributed by atoms with Gasteiger partial charge in [-0.15, -0.1) is 0 Å². The first-order chi connectivity index (χ1) is 12.7. The number of benzene rings is 3. The smallest absolute Gasteiger partial charge is 0.258 e. The number of hydrogen-bond donors (Lipinski definition) is 0. The van der Waals surface area contributed by atoms with E-state index in [4.69, 9.17) is 4.74 Å². The SMILES string of the molecule is O=C1C=CC(=O)N1c1ccccc1Oc1ccccc1-c1ccccc1. The van der Waals surface area contributed by atoms with Crippen LogP contribution < -0.4 is 9.64 Å². The zero-order valence-corrected chi connectivity index (χ0v) is 13.8. The Balaban J connectivity index is 1.74. The van der Waals surface area contributed by atoms with E-state index < -0.39 is 0 Å². The minimum atomic E-state index is -0.373. The lowest BCUT2D eigenvalue weighted by atomic mass is 10.0. The number of hydrogen-bond acceptors (Lipinski definition) is 3. The van der Waals surface area contributed by atoms with Gasteiger partial charge in [-0.05, 0) is 23.8 Å². The maximum atomic E-state index is 12.0.